The number of hydrogen-bond donors (Lipinski definition) is 2. The molecule has 0 bridgehead atoms. The van der Waals surface area contributed by atoms with Gasteiger partial charge in [-0.05, 0) is 31.4 Å². The number of hydrogen-bond acceptors (Lipinski definition) is 3. The molecule has 2 unspecified atom stereocenters. The second-order valence-corrected chi connectivity index (χ2v) is 4.71. The first-order chi connectivity index (χ1) is 8.75. The Morgan fingerprint density at radius 1 is 1.44 bits per heavy atom. The van der Waals surface area contributed by atoms with Crippen molar-refractivity contribution in [3.05, 3.63) is 30.3 Å². The lowest BCUT2D eigenvalue weighted by molar-refractivity contribution is -0.115. The number of amides is 1. The van der Waals surface area contributed by atoms with Gasteiger partial charge < -0.3 is 15.4 Å². The van der Waals surface area contributed by atoms with Crippen LogP contribution in [0, 0.1) is 5.92 Å². The predicted octanol–water partition coefficient (Wildman–Crippen LogP) is 1.64. The largest absolute Gasteiger partial charge is 0.381 e. The third-order valence-corrected chi connectivity index (χ3v) is 3.31. The van der Waals surface area contributed by atoms with Gasteiger partial charge in [0.2, 0.25) is 5.91 Å². The lowest BCUT2D eigenvalue weighted by atomic mass is 10.0. The summed E-state index contributed by atoms with van der Waals surface area (Å²) in [5.74, 6) is 0.515. The minimum atomic E-state index is -0.00744. The molecule has 1 heterocycles. The van der Waals surface area contributed by atoms with Crippen LogP contribution < -0.4 is 10.6 Å². The second-order valence-electron chi connectivity index (χ2n) is 4.71. The van der Waals surface area contributed by atoms with E-state index in [0.29, 0.717) is 18.5 Å². The van der Waals surface area contributed by atoms with Crippen LogP contribution in [0.15, 0.2) is 30.3 Å². The van der Waals surface area contributed by atoms with E-state index in [2.05, 4.69) is 17.6 Å². The third kappa shape index (κ3) is 3.82. The van der Waals surface area contributed by atoms with Gasteiger partial charge in [0, 0.05) is 18.3 Å². The molecule has 1 aliphatic rings. The Kier molecular flexibility index (Phi) is 4.73. The molecule has 1 fully saturated rings. The van der Waals surface area contributed by atoms with Gasteiger partial charge in [0.1, 0.15) is 0 Å². The number of para-hydroxylation sites is 1. The maximum Gasteiger partial charge on any atom is 0.238 e. The van der Waals surface area contributed by atoms with Crippen LogP contribution in [-0.4, -0.2) is 31.7 Å². The fourth-order valence-corrected chi connectivity index (χ4v) is 2.09. The molecule has 4 heteroatoms. The van der Waals surface area contributed by atoms with Gasteiger partial charge in [-0.1, -0.05) is 18.2 Å². The molecular weight excluding hydrogens is 228 g/mol. The molecule has 0 spiro atoms. The Labute approximate surface area is 108 Å². The van der Waals surface area contributed by atoms with Crippen molar-refractivity contribution in [3.8, 4) is 0 Å². The number of benzene rings is 1. The highest BCUT2D eigenvalue weighted by molar-refractivity contribution is 5.92. The van der Waals surface area contributed by atoms with Crippen LogP contribution in [0.3, 0.4) is 0 Å². The average Bonchev–Trinajstić information content (AvgIpc) is 2.91. The van der Waals surface area contributed by atoms with Gasteiger partial charge in [0.05, 0.1) is 13.2 Å². The van der Waals surface area contributed by atoms with Gasteiger partial charge in [-0.2, -0.15) is 0 Å². The molecule has 98 valence electrons. The number of anilines is 1. The molecule has 1 aliphatic heterocycles. The van der Waals surface area contributed by atoms with Crippen LogP contribution in [0.4, 0.5) is 5.69 Å². The summed E-state index contributed by atoms with van der Waals surface area (Å²) in [6.45, 7) is 4.09. The van der Waals surface area contributed by atoms with Gasteiger partial charge in [-0.15, -0.1) is 0 Å². The highest BCUT2D eigenvalue weighted by atomic mass is 16.5. The van der Waals surface area contributed by atoms with Crippen LogP contribution in [0.2, 0.25) is 0 Å². The Hall–Kier alpha value is -1.39. The summed E-state index contributed by atoms with van der Waals surface area (Å²) in [4.78, 5) is 11.7. The predicted molar refractivity (Wildman–Crippen MR) is 71.5 cm³/mol. The van der Waals surface area contributed by atoms with Crippen LogP contribution >= 0.6 is 0 Å². The lowest BCUT2D eigenvalue weighted by Crippen LogP contribution is -2.39. The molecule has 0 saturated carbocycles. The van der Waals surface area contributed by atoms with Crippen LogP contribution in [-0.2, 0) is 9.53 Å². The van der Waals surface area contributed by atoms with Crippen molar-refractivity contribution < 1.29 is 9.53 Å². The normalized spacial score (nSPS) is 20.6. The Morgan fingerprint density at radius 2 is 2.22 bits per heavy atom. The molecule has 1 amide bonds. The first-order valence-corrected chi connectivity index (χ1v) is 6.42. The van der Waals surface area contributed by atoms with Gasteiger partial charge in [-0.3, -0.25) is 4.79 Å². The van der Waals surface area contributed by atoms with E-state index in [-0.39, 0.29) is 5.91 Å². The van der Waals surface area contributed by atoms with Gasteiger partial charge in [0.25, 0.3) is 0 Å². The van der Waals surface area contributed by atoms with Gasteiger partial charge >= 0.3 is 0 Å². The summed E-state index contributed by atoms with van der Waals surface area (Å²) in [6, 6.07) is 9.81. The molecule has 1 saturated heterocycles. The van der Waals surface area contributed by atoms with E-state index in [1.165, 1.54) is 0 Å². The zero-order valence-corrected chi connectivity index (χ0v) is 10.7. The van der Waals surface area contributed by atoms with Crippen molar-refractivity contribution in [2.75, 3.05) is 25.1 Å². The molecule has 1 aromatic rings. The molecular formula is C14H20N2O2. The number of rotatable bonds is 5. The maximum atomic E-state index is 11.7. The maximum absolute atomic E-state index is 11.7. The summed E-state index contributed by atoms with van der Waals surface area (Å²) in [7, 11) is 0. The number of ether oxygens (including phenoxy) is 1. The summed E-state index contributed by atoms with van der Waals surface area (Å²) in [5, 5.41) is 6.11. The van der Waals surface area contributed by atoms with Gasteiger partial charge in [-0.25, -0.2) is 0 Å². The van der Waals surface area contributed by atoms with E-state index in [1.54, 1.807) is 0 Å². The quantitative estimate of drug-likeness (QED) is 0.833. The lowest BCUT2D eigenvalue weighted by Gasteiger charge is -2.18. The molecule has 0 radical (unpaired) electrons. The summed E-state index contributed by atoms with van der Waals surface area (Å²) in [6.07, 6.45) is 1.08. The Balaban J connectivity index is 1.71. The van der Waals surface area contributed by atoms with Crippen molar-refractivity contribution in [2.24, 2.45) is 5.92 Å². The smallest absolute Gasteiger partial charge is 0.238 e. The summed E-state index contributed by atoms with van der Waals surface area (Å²) < 4.78 is 5.34. The number of carbonyl (C=O) groups excluding carboxylic acids is 1. The Morgan fingerprint density at radius 3 is 2.89 bits per heavy atom. The minimum Gasteiger partial charge on any atom is -0.381 e. The van der Waals surface area contributed by atoms with Crippen LogP contribution in [0.25, 0.3) is 0 Å². The molecule has 0 aromatic heterocycles. The molecule has 4 nitrogen and oxygen atoms in total. The molecule has 1 aromatic carbocycles. The summed E-state index contributed by atoms with van der Waals surface area (Å²) >= 11 is 0. The fraction of sp³-hybridized carbons (Fsp3) is 0.500. The first-order valence-electron chi connectivity index (χ1n) is 6.42. The summed E-state index contributed by atoms with van der Waals surface area (Å²) in [5.41, 5.74) is 0.834. The van der Waals surface area contributed by atoms with E-state index in [9.17, 15) is 4.79 Å². The van der Waals surface area contributed by atoms with Crippen molar-refractivity contribution in [3.63, 3.8) is 0 Å². The highest BCUT2D eigenvalue weighted by Crippen LogP contribution is 2.16. The zero-order valence-electron chi connectivity index (χ0n) is 10.7. The SMILES string of the molecule is CC(NCC(=O)Nc1ccccc1)C1CCOC1. The third-order valence-electron chi connectivity index (χ3n) is 3.31. The van der Waals surface area contributed by atoms with E-state index in [0.717, 1.165) is 25.3 Å². The molecule has 2 rings (SSSR count). The number of nitrogens with one attached hydrogen (secondary N) is 2. The minimum absolute atomic E-state index is 0.00744. The average molecular weight is 248 g/mol. The van der Waals surface area contributed by atoms with E-state index < -0.39 is 0 Å². The Bertz CT molecular complexity index is 375. The van der Waals surface area contributed by atoms with Gasteiger partial charge in [0.15, 0.2) is 0 Å². The van der Waals surface area contributed by atoms with Crippen molar-refractivity contribution in [1.82, 2.24) is 5.32 Å². The fourth-order valence-electron chi connectivity index (χ4n) is 2.09. The highest BCUT2D eigenvalue weighted by Gasteiger charge is 2.22. The topological polar surface area (TPSA) is 50.4 Å². The first kappa shape index (κ1) is 13.1. The second kappa shape index (κ2) is 6.52. The standard InChI is InChI=1S/C14H20N2O2/c1-11(12-7-8-18-10-12)15-9-14(17)16-13-5-3-2-4-6-13/h2-6,11-12,15H,7-10H2,1H3,(H,16,17). The van der Waals surface area contributed by atoms with Crippen LogP contribution in [0.5, 0.6) is 0 Å². The molecule has 18 heavy (non-hydrogen) atoms. The van der Waals surface area contributed by atoms with E-state index in [4.69, 9.17) is 4.74 Å². The van der Waals surface area contributed by atoms with Crippen LogP contribution in [0.1, 0.15) is 13.3 Å². The van der Waals surface area contributed by atoms with Crippen molar-refractivity contribution in [1.29, 1.82) is 0 Å². The molecule has 0 aliphatic carbocycles. The van der Waals surface area contributed by atoms with E-state index >= 15 is 0 Å². The zero-order chi connectivity index (χ0) is 12.8. The molecule has 2 atom stereocenters. The van der Waals surface area contributed by atoms with Crippen molar-refractivity contribution >= 4 is 11.6 Å². The van der Waals surface area contributed by atoms with Crippen molar-refractivity contribution in [2.45, 2.75) is 19.4 Å². The monoisotopic (exact) mass is 248 g/mol. The van der Waals surface area contributed by atoms with E-state index in [1.807, 2.05) is 30.3 Å². The number of carbonyl (C=O) groups is 1. The molecule has 2 N–H and O–H groups in total.